The van der Waals surface area contributed by atoms with Gasteiger partial charge in [-0.15, -0.1) is 0 Å². The molecule has 150 valence electrons. The van der Waals surface area contributed by atoms with Crippen molar-refractivity contribution in [3.05, 3.63) is 77.1 Å². The lowest BCUT2D eigenvalue weighted by atomic mass is 10.1. The minimum Gasteiger partial charge on any atom is -0.494 e. The van der Waals surface area contributed by atoms with Gasteiger partial charge in [-0.1, -0.05) is 30.3 Å². The number of piperazine rings is 1. The summed E-state index contributed by atoms with van der Waals surface area (Å²) in [5.41, 5.74) is 2.82. The summed E-state index contributed by atoms with van der Waals surface area (Å²) in [7, 11) is 2.14. The molecule has 1 saturated heterocycles. The molecular weight excluding hydrogens is 362 g/mol. The second-order valence-electron chi connectivity index (χ2n) is 7.36. The summed E-state index contributed by atoms with van der Waals surface area (Å²) in [5.74, 6) is 1.79. The van der Waals surface area contributed by atoms with Gasteiger partial charge in [-0.3, -0.25) is 9.36 Å². The summed E-state index contributed by atoms with van der Waals surface area (Å²) in [4.78, 5) is 17.8. The molecule has 0 spiro atoms. The Labute approximate surface area is 171 Å². The Morgan fingerprint density at radius 3 is 2.21 bits per heavy atom. The van der Waals surface area contributed by atoms with Crippen molar-refractivity contribution in [2.24, 2.45) is 0 Å². The Balaban J connectivity index is 1.80. The number of para-hydroxylation sites is 1. The van der Waals surface area contributed by atoms with Crippen LogP contribution < -0.4 is 15.2 Å². The minimum atomic E-state index is -0.0171. The first-order valence-electron chi connectivity index (χ1n) is 10.1. The van der Waals surface area contributed by atoms with Crippen molar-refractivity contribution >= 4 is 5.82 Å². The molecule has 5 heteroatoms. The van der Waals surface area contributed by atoms with Gasteiger partial charge in [-0.25, -0.2) is 0 Å². The van der Waals surface area contributed by atoms with Crippen molar-refractivity contribution in [1.29, 1.82) is 0 Å². The van der Waals surface area contributed by atoms with Gasteiger partial charge in [0.05, 0.1) is 12.3 Å². The summed E-state index contributed by atoms with van der Waals surface area (Å²) < 4.78 is 7.37. The normalized spacial score (nSPS) is 14.8. The molecule has 1 aliphatic rings. The maximum absolute atomic E-state index is 13.2. The van der Waals surface area contributed by atoms with Crippen molar-refractivity contribution in [2.75, 3.05) is 44.7 Å². The van der Waals surface area contributed by atoms with Crippen LogP contribution in [0.4, 0.5) is 5.82 Å². The number of hydrogen-bond donors (Lipinski definition) is 0. The Morgan fingerprint density at radius 2 is 1.55 bits per heavy atom. The van der Waals surface area contributed by atoms with E-state index >= 15 is 0 Å². The molecule has 1 aliphatic heterocycles. The van der Waals surface area contributed by atoms with Crippen LogP contribution in [0.25, 0.3) is 16.8 Å². The predicted octanol–water partition coefficient (Wildman–Crippen LogP) is 3.66. The number of ether oxygens (including phenoxy) is 1. The standard InChI is InChI=1S/C24H27N3O2/c1-3-29-22-11-9-19(10-12-22)20-17-23(26-15-13-25(2)14-16-26)27(24(28)18-20)21-7-5-4-6-8-21/h4-12,17-18H,3,13-16H2,1-2H3. The molecule has 5 nitrogen and oxygen atoms in total. The molecule has 0 unspecified atom stereocenters. The van der Waals surface area contributed by atoms with Crippen molar-refractivity contribution in [3.63, 3.8) is 0 Å². The van der Waals surface area contributed by atoms with Gasteiger partial charge in [-0.2, -0.15) is 0 Å². The summed E-state index contributed by atoms with van der Waals surface area (Å²) >= 11 is 0. The van der Waals surface area contributed by atoms with Crippen LogP contribution in [-0.4, -0.2) is 49.3 Å². The molecule has 0 saturated carbocycles. The lowest BCUT2D eigenvalue weighted by molar-refractivity contribution is 0.311. The van der Waals surface area contributed by atoms with Crippen LogP contribution in [-0.2, 0) is 0 Å². The van der Waals surface area contributed by atoms with Gasteiger partial charge in [0.15, 0.2) is 0 Å². The van der Waals surface area contributed by atoms with Gasteiger partial charge in [0.2, 0.25) is 0 Å². The van der Waals surface area contributed by atoms with Crippen LogP contribution in [0, 0.1) is 0 Å². The number of benzene rings is 2. The third-order valence-corrected chi connectivity index (χ3v) is 5.35. The average molecular weight is 389 g/mol. The van der Waals surface area contributed by atoms with Gasteiger partial charge in [0.1, 0.15) is 11.6 Å². The third-order valence-electron chi connectivity index (χ3n) is 5.35. The van der Waals surface area contributed by atoms with Crippen LogP contribution >= 0.6 is 0 Å². The van der Waals surface area contributed by atoms with E-state index < -0.39 is 0 Å². The highest BCUT2D eigenvalue weighted by atomic mass is 16.5. The lowest BCUT2D eigenvalue weighted by Crippen LogP contribution is -2.46. The van der Waals surface area contributed by atoms with E-state index in [0.717, 1.165) is 54.6 Å². The smallest absolute Gasteiger partial charge is 0.257 e. The van der Waals surface area contributed by atoms with Crippen LogP contribution in [0.1, 0.15) is 6.92 Å². The largest absolute Gasteiger partial charge is 0.494 e. The molecular formula is C24H27N3O2. The third kappa shape index (κ3) is 4.20. The second-order valence-corrected chi connectivity index (χ2v) is 7.36. The fourth-order valence-electron chi connectivity index (χ4n) is 3.74. The van der Waals surface area contributed by atoms with Crippen LogP contribution in [0.3, 0.4) is 0 Å². The molecule has 2 aromatic carbocycles. The van der Waals surface area contributed by atoms with Gasteiger partial charge in [0, 0.05) is 32.2 Å². The summed E-state index contributed by atoms with van der Waals surface area (Å²) in [6.45, 7) is 6.37. The van der Waals surface area contributed by atoms with Crippen LogP contribution in [0.5, 0.6) is 5.75 Å². The molecule has 0 N–H and O–H groups in total. The first-order valence-corrected chi connectivity index (χ1v) is 10.1. The quantitative estimate of drug-likeness (QED) is 0.668. The monoisotopic (exact) mass is 389 g/mol. The maximum atomic E-state index is 13.2. The molecule has 1 aromatic heterocycles. The lowest BCUT2D eigenvalue weighted by Gasteiger charge is -2.35. The van der Waals surface area contributed by atoms with Crippen molar-refractivity contribution in [3.8, 4) is 22.6 Å². The van der Waals surface area contributed by atoms with E-state index in [4.69, 9.17) is 4.74 Å². The highest BCUT2D eigenvalue weighted by Gasteiger charge is 2.20. The number of hydrogen-bond acceptors (Lipinski definition) is 4. The van der Waals surface area contributed by atoms with E-state index in [2.05, 4.69) is 22.9 Å². The average Bonchev–Trinajstić information content (AvgIpc) is 2.75. The minimum absolute atomic E-state index is 0.0171. The van der Waals surface area contributed by atoms with E-state index in [0.29, 0.717) is 6.61 Å². The second kappa shape index (κ2) is 8.53. The number of rotatable bonds is 5. The van der Waals surface area contributed by atoms with E-state index in [9.17, 15) is 4.79 Å². The van der Waals surface area contributed by atoms with Crippen LogP contribution in [0.15, 0.2) is 71.5 Å². The maximum Gasteiger partial charge on any atom is 0.257 e. The number of anilines is 1. The molecule has 1 fully saturated rings. The van der Waals surface area contributed by atoms with Gasteiger partial charge in [0.25, 0.3) is 5.56 Å². The van der Waals surface area contributed by atoms with Crippen molar-refractivity contribution < 1.29 is 4.74 Å². The molecule has 0 aliphatic carbocycles. The number of likely N-dealkylation sites (N-methyl/N-ethyl adjacent to an activating group) is 1. The molecule has 2 heterocycles. The fraction of sp³-hybridized carbons (Fsp3) is 0.292. The Morgan fingerprint density at radius 1 is 0.862 bits per heavy atom. The van der Waals surface area contributed by atoms with E-state index in [1.165, 1.54) is 0 Å². The molecule has 0 bridgehead atoms. The number of aromatic nitrogens is 1. The van der Waals surface area contributed by atoms with Gasteiger partial charge < -0.3 is 14.5 Å². The van der Waals surface area contributed by atoms with E-state index in [1.54, 1.807) is 6.07 Å². The number of nitrogens with zero attached hydrogens (tertiary/aromatic N) is 3. The first-order chi connectivity index (χ1) is 14.2. The van der Waals surface area contributed by atoms with E-state index in [-0.39, 0.29) is 5.56 Å². The highest BCUT2D eigenvalue weighted by Crippen LogP contribution is 2.27. The predicted molar refractivity (Wildman–Crippen MR) is 118 cm³/mol. The Kier molecular flexibility index (Phi) is 5.67. The van der Waals surface area contributed by atoms with Crippen molar-refractivity contribution in [2.45, 2.75) is 6.92 Å². The van der Waals surface area contributed by atoms with Crippen molar-refractivity contribution in [1.82, 2.24) is 9.47 Å². The molecule has 0 radical (unpaired) electrons. The van der Waals surface area contributed by atoms with Gasteiger partial charge >= 0.3 is 0 Å². The Hall–Kier alpha value is -3.05. The molecule has 0 atom stereocenters. The summed E-state index contributed by atoms with van der Waals surface area (Å²) in [6, 6.07) is 21.7. The zero-order valence-electron chi connectivity index (χ0n) is 17.0. The molecule has 4 rings (SSSR count). The van der Waals surface area contributed by atoms with E-state index in [1.807, 2.05) is 66.1 Å². The Bertz CT molecular complexity index is 1000. The zero-order valence-corrected chi connectivity index (χ0v) is 17.0. The highest BCUT2D eigenvalue weighted by molar-refractivity contribution is 5.68. The molecule has 29 heavy (non-hydrogen) atoms. The van der Waals surface area contributed by atoms with Gasteiger partial charge in [-0.05, 0) is 55.4 Å². The first kappa shape index (κ1) is 19.3. The summed E-state index contributed by atoms with van der Waals surface area (Å²) in [6.07, 6.45) is 0. The molecule has 0 amide bonds. The zero-order chi connectivity index (χ0) is 20.2. The summed E-state index contributed by atoms with van der Waals surface area (Å²) in [5, 5.41) is 0. The fourth-order valence-corrected chi connectivity index (χ4v) is 3.74. The van der Waals surface area contributed by atoms with Crippen LogP contribution in [0.2, 0.25) is 0 Å². The topological polar surface area (TPSA) is 37.7 Å². The molecule has 3 aromatic rings. The SMILES string of the molecule is CCOc1ccc(-c2cc(N3CCN(C)CC3)n(-c3ccccc3)c(=O)c2)cc1. The number of pyridine rings is 1.